The van der Waals surface area contributed by atoms with Gasteiger partial charge in [0.1, 0.15) is 17.6 Å². The van der Waals surface area contributed by atoms with E-state index in [0.29, 0.717) is 41.1 Å². The van der Waals surface area contributed by atoms with Crippen molar-refractivity contribution in [2.24, 2.45) is 23.5 Å². The molecule has 1 saturated heterocycles. The fourth-order valence-electron chi connectivity index (χ4n) is 6.30. The van der Waals surface area contributed by atoms with Crippen LogP contribution in [0.15, 0.2) is 17.1 Å². The number of aromatic nitrogens is 1. The fourth-order valence-corrected chi connectivity index (χ4v) is 6.30. The van der Waals surface area contributed by atoms with E-state index < -0.39 is 35.0 Å². The molecule has 0 spiro atoms. The first-order valence-electron chi connectivity index (χ1n) is 10.5. The summed E-state index contributed by atoms with van der Waals surface area (Å²) >= 11 is 0. The van der Waals surface area contributed by atoms with Crippen LogP contribution in [0.5, 0.6) is 0 Å². The van der Waals surface area contributed by atoms with Gasteiger partial charge >= 0.3 is 5.97 Å². The molecule has 2 aromatic rings. The summed E-state index contributed by atoms with van der Waals surface area (Å²) in [6, 6.07) is 0.603. The first kappa shape index (κ1) is 18.3. The molecule has 2 heterocycles. The number of nitrogens with two attached hydrogens (primary N) is 1. The van der Waals surface area contributed by atoms with E-state index in [1.54, 1.807) is 6.92 Å². The topological polar surface area (TPSA) is 88.6 Å². The minimum atomic E-state index is -1.39. The van der Waals surface area contributed by atoms with Crippen LogP contribution in [0.25, 0.3) is 10.9 Å². The minimum Gasteiger partial charge on any atom is -0.477 e. The first-order chi connectivity index (χ1) is 14.2. The number of aromatic carboxylic acids is 1. The SMILES string of the molecule is Cc1c(N2CC3CC4CC4(N)C3C2)c(F)cc2c(=O)c(C(=O)O)cn([C@@H]3C[C@@H]3F)c12. The number of aryl methyl sites for hydroxylation is 1. The maximum absolute atomic E-state index is 15.3. The second-order valence-corrected chi connectivity index (χ2v) is 9.65. The normalized spacial score (nSPS) is 36.1. The maximum Gasteiger partial charge on any atom is 0.341 e. The van der Waals surface area contributed by atoms with Crippen molar-refractivity contribution < 1.29 is 18.7 Å². The van der Waals surface area contributed by atoms with Crippen LogP contribution >= 0.6 is 0 Å². The number of hydrogen-bond donors (Lipinski definition) is 2. The van der Waals surface area contributed by atoms with E-state index in [2.05, 4.69) is 0 Å². The predicted octanol–water partition coefficient (Wildman–Crippen LogP) is 2.60. The van der Waals surface area contributed by atoms with Crippen molar-refractivity contribution in [2.75, 3.05) is 18.0 Å². The van der Waals surface area contributed by atoms with Gasteiger partial charge < -0.3 is 20.3 Å². The van der Waals surface area contributed by atoms with Crippen LogP contribution in [0.1, 0.15) is 41.2 Å². The molecule has 4 unspecified atom stereocenters. The number of carboxylic acid groups (broad SMARTS) is 1. The number of rotatable bonds is 3. The van der Waals surface area contributed by atoms with Crippen LogP contribution in [-0.2, 0) is 0 Å². The van der Waals surface area contributed by atoms with Crippen molar-refractivity contribution in [3.8, 4) is 0 Å². The maximum atomic E-state index is 15.3. The molecule has 158 valence electrons. The molecule has 0 amide bonds. The summed E-state index contributed by atoms with van der Waals surface area (Å²) in [5, 5.41) is 9.40. The number of pyridine rings is 1. The summed E-state index contributed by atoms with van der Waals surface area (Å²) in [5.41, 5.74) is 6.61. The Morgan fingerprint density at radius 2 is 2.07 bits per heavy atom. The second-order valence-electron chi connectivity index (χ2n) is 9.65. The summed E-state index contributed by atoms with van der Waals surface area (Å²) in [4.78, 5) is 26.3. The average Bonchev–Trinajstić information content (AvgIpc) is 3.46. The van der Waals surface area contributed by atoms with Crippen LogP contribution in [0.4, 0.5) is 14.5 Å². The Balaban J connectivity index is 1.52. The molecule has 1 aromatic carbocycles. The van der Waals surface area contributed by atoms with Gasteiger partial charge in [0.2, 0.25) is 5.43 Å². The Morgan fingerprint density at radius 1 is 1.33 bits per heavy atom. The Bertz CT molecular complexity index is 1190. The number of nitrogens with zero attached hydrogens (tertiary/aromatic N) is 2. The lowest BCUT2D eigenvalue weighted by atomic mass is 9.92. The molecule has 4 fully saturated rings. The van der Waals surface area contributed by atoms with Gasteiger partial charge in [-0.1, -0.05) is 0 Å². The largest absolute Gasteiger partial charge is 0.477 e. The minimum absolute atomic E-state index is 0.00954. The average molecular weight is 415 g/mol. The summed E-state index contributed by atoms with van der Waals surface area (Å²) in [6.07, 6.45) is 2.49. The van der Waals surface area contributed by atoms with E-state index in [9.17, 15) is 19.1 Å². The number of benzene rings is 1. The molecular formula is C22H23F2N3O3. The molecule has 6 nitrogen and oxygen atoms in total. The number of halogens is 2. The van der Waals surface area contributed by atoms with E-state index in [1.165, 1.54) is 10.8 Å². The van der Waals surface area contributed by atoms with Gasteiger partial charge in [-0.15, -0.1) is 0 Å². The lowest BCUT2D eigenvalue weighted by Gasteiger charge is -2.25. The van der Waals surface area contributed by atoms with Gasteiger partial charge in [-0.05, 0) is 49.1 Å². The molecule has 3 aliphatic carbocycles. The fraction of sp³-hybridized carbons (Fsp3) is 0.545. The summed E-state index contributed by atoms with van der Waals surface area (Å²) in [6.45, 7) is 3.13. The standard InChI is InChI=1S/C22H23F2N3O3/c1-9-18-12(20(28)13(21(29)30)7-27(18)17-4-15(17)23)3-16(24)19(9)26-6-10-2-11-5-22(11,25)14(10)8-26/h3,7,10-11,14-15,17H,2,4-6,8,25H2,1H3,(H,29,30)/t10?,11?,14?,15-,17+,22?/m0/s1. The van der Waals surface area contributed by atoms with Crippen LogP contribution in [0.2, 0.25) is 0 Å². The van der Waals surface area contributed by atoms with E-state index in [0.717, 1.165) is 25.5 Å². The zero-order valence-corrected chi connectivity index (χ0v) is 16.6. The van der Waals surface area contributed by atoms with Crippen molar-refractivity contribution in [3.05, 3.63) is 39.4 Å². The van der Waals surface area contributed by atoms with E-state index in [4.69, 9.17) is 5.73 Å². The number of alkyl halides is 1. The highest BCUT2D eigenvalue weighted by Crippen LogP contribution is 2.62. The Kier molecular flexibility index (Phi) is 3.42. The van der Waals surface area contributed by atoms with Gasteiger partial charge in [-0.25, -0.2) is 13.6 Å². The van der Waals surface area contributed by atoms with E-state index >= 15 is 4.39 Å². The number of hydrogen-bond acceptors (Lipinski definition) is 4. The van der Waals surface area contributed by atoms with Crippen molar-refractivity contribution in [1.82, 2.24) is 4.57 Å². The molecule has 8 heteroatoms. The molecule has 1 aromatic heterocycles. The third kappa shape index (κ3) is 2.25. The Morgan fingerprint density at radius 3 is 2.70 bits per heavy atom. The molecule has 3 saturated carbocycles. The quantitative estimate of drug-likeness (QED) is 0.805. The zero-order chi connectivity index (χ0) is 21.1. The van der Waals surface area contributed by atoms with Gasteiger partial charge in [0.15, 0.2) is 0 Å². The molecule has 0 bridgehead atoms. The first-order valence-corrected chi connectivity index (χ1v) is 10.5. The van der Waals surface area contributed by atoms with Crippen LogP contribution < -0.4 is 16.1 Å². The number of carboxylic acids is 1. The van der Waals surface area contributed by atoms with E-state index in [1.807, 2.05) is 4.90 Å². The van der Waals surface area contributed by atoms with Gasteiger partial charge in [0, 0.05) is 36.6 Å². The van der Waals surface area contributed by atoms with Gasteiger partial charge in [0.25, 0.3) is 0 Å². The van der Waals surface area contributed by atoms with Crippen LogP contribution in [0.3, 0.4) is 0 Å². The molecule has 3 N–H and O–H groups in total. The van der Waals surface area contributed by atoms with Crippen LogP contribution in [-0.4, -0.2) is 40.4 Å². The van der Waals surface area contributed by atoms with Crippen molar-refractivity contribution in [1.29, 1.82) is 0 Å². The second kappa shape index (κ2) is 5.60. The Labute approximate surface area is 171 Å². The number of fused-ring (bicyclic) bond motifs is 4. The smallest absolute Gasteiger partial charge is 0.341 e. The third-order valence-electron chi connectivity index (χ3n) is 7.98. The molecule has 4 aliphatic rings. The number of carbonyl (C=O) groups is 1. The highest BCUT2D eigenvalue weighted by atomic mass is 19.1. The molecular weight excluding hydrogens is 392 g/mol. The monoisotopic (exact) mass is 415 g/mol. The molecule has 1 aliphatic heterocycles. The zero-order valence-electron chi connectivity index (χ0n) is 16.6. The van der Waals surface area contributed by atoms with Crippen molar-refractivity contribution in [3.63, 3.8) is 0 Å². The number of anilines is 1. The van der Waals surface area contributed by atoms with Crippen molar-refractivity contribution in [2.45, 2.75) is 43.9 Å². The lowest BCUT2D eigenvalue weighted by Crippen LogP contribution is -2.35. The summed E-state index contributed by atoms with van der Waals surface area (Å²) in [7, 11) is 0. The third-order valence-corrected chi connectivity index (χ3v) is 7.98. The van der Waals surface area contributed by atoms with Gasteiger partial charge in [0.05, 0.1) is 17.2 Å². The summed E-state index contributed by atoms with van der Waals surface area (Å²) in [5.74, 6) is -0.565. The summed E-state index contributed by atoms with van der Waals surface area (Å²) < 4.78 is 30.8. The van der Waals surface area contributed by atoms with Crippen LogP contribution in [0, 0.1) is 30.5 Å². The lowest BCUT2D eigenvalue weighted by molar-refractivity contribution is 0.0694. The highest BCUT2D eigenvalue weighted by molar-refractivity contribution is 5.95. The van der Waals surface area contributed by atoms with Gasteiger partial charge in [-0.2, -0.15) is 0 Å². The van der Waals surface area contributed by atoms with E-state index in [-0.39, 0.29) is 17.3 Å². The highest BCUT2D eigenvalue weighted by Gasteiger charge is 2.66. The van der Waals surface area contributed by atoms with Crippen molar-refractivity contribution >= 4 is 22.6 Å². The molecule has 30 heavy (non-hydrogen) atoms. The Hall–Kier alpha value is -2.48. The predicted molar refractivity (Wildman–Crippen MR) is 107 cm³/mol. The molecule has 6 rings (SSSR count). The molecule has 6 atom stereocenters. The van der Waals surface area contributed by atoms with Gasteiger partial charge in [-0.3, -0.25) is 4.79 Å². The molecule has 0 radical (unpaired) electrons.